The van der Waals surface area contributed by atoms with Gasteiger partial charge in [-0.05, 0) is 36.6 Å². The molecule has 0 spiro atoms. The Morgan fingerprint density at radius 1 is 1.20 bits per heavy atom. The van der Waals surface area contributed by atoms with Crippen LogP contribution in [0.1, 0.15) is 24.0 Å². The third-order valence-corrected chi connectivity index (χ3v) is 4.74. The zero-order valence-corrected chi connectivity index (χ0v) is 14.1. The van der Waals surface area contributed by atoms with E-state index in [0.717, 1.165) is 42.1 Å². The summed E-state index contributed by atoms with van der Waals surface area (Å²) in [7, 11) is 1.63. The van der Waals surface area contributed by atoms with Crippen LogP contribution in [0.2, 0.25) is 0 Å². The maximum absolute atomic E-state index is 13.0. The van der Waals surface area contributed by atoms with E-state index >= 15 is 0 Å². The number of aryl methyl sites for hydroxylation is 1. The highest BCUT2D eigenvalue weighted by atomic mass is 16.6. The van der Waals surface area contributed by atoms with Crippen molar-refractivity contribution in [2.45, 2.75) is 25.4 Å². The Hall–Kier alpha value is -2.82. The molecule has 0 aromatic heterocycles. The number of anilines is 1. The van der Waals surface area contributed by atoms with Crippen molar-refractivity contribution in [2.24, 2.45) is 5.16 Å². The first kappa shape index (κ1) is 15.7. The van der Waals surface area contributed by atoms with E-state index in [1.165, 1.54) is 5.56 Å². The predicted octanol–water partition coefficient (Wildman–Crippen LogP) is 3.17. The summed E-state index contributed by atoms with van der Waals surface area (Å²) in [4.78, 5) is 20.3. The number of amides is 1. The van der Waals surface area contributed by atoms with Crippen molar-refractivity contribution in [3.8, 4) is 5.75 Å². The van der Waals surface area contributed by atoms with Gasteiger partial charge in [0.25, 0.3) is 5.91 Å². The molecule has 0 N–H and O–H groups in total. The molecule has 4 rings (SSSR count). The van der Waals surface area contributed by atoms with Gasteiger partial charge in [0.1, 0.15) is 5.75 Å². The Labute approximate surface area is 146 Å². The molecule has 1 atom stereocenters. The Balaban J connectivity index is 1.53. The van der Waals surface area contributed by atoms with Gasteiger partial charge in [-0.1, -0.05) is 35.5 Å². The highest BCUT2D eigenvalue weighted by Gasteiger charge is 2.35. The Bertz CT molecular complexity index is 831. The molecule has 0 saturated heterocycles. The first-order valence-electron chi connectivity index (χ1n) is 8.53. The summed E-state index contributed by atoms with van der Waals surface area (Å²) in [5, 5.41) is 4.16. The highest BCUT2D eigenvalue weighted by Crippen LogP contribution is 2.30. The summed E-state index contributed by atoms with van der Waals surface area (Å²) in [5.74, 6) is 0.710. The molecular weight excluding hydrogens is 316 g/mol. The number of nitrogens with zero attached hydrogens (tertiary/aromatic N) is 2. The minimum absolute atomic E-state index is 0.0270. The molecule has 25 heavy (non-hydrogen) atoms. The van der Waals surface area contributed by atoms with Crippen molar-refractivity contribution >= 4 is 17.3 Å². The maximum atomic E-state index is 13.0. The quantitative estimate of drug-likeness (QED) is 0.865. The molecule has 0 bridgehead atoms. The molecule has 1 unspecified atom stereocenters. The number of oxime groups is 1. The fourth-order valence-corrected chi connectivity index (χ4v) is 3.49. The van der Waals surface area contributed by atoms with Gasteiger partial charge in [0, 0.05) is 24.2 Å². The van der Waals surface area contributed by atoms with Crippen LogP contribution in [0.4, 0.5) is 5.69 Å². The summed E-state index contributed by atoms with van der Waals surface area (Å²) >= 11 is 0. The number of methoxy groups -OCH3 is 1. The normalized spacial score (nSPS) is 19.0. The molecule has 0 aliphatic carbocycles. The molecule has 2 aliphatic rings. The van der Waals surface area contributed by atoms with Crippen molar-refractivity contribution in [1.29, 1.82) is 0 Å². The average Bonchev–Trinajstić information content (AvgIpc) is 3.17. The number of hydrogen-bond acceptors (Lipinski definition) is 4. The van der Waals surface area contributed by atoms with E-state index in [1.807, 2.05) is 47.4 Å². The largest absolute Gasteiger partial charge is 0.496 e. The molecule has 5 nitrogen and oxygen atoms in total. The lowest BCUT2D eigenvalue weighted by Gasteiger charge is -2.30. The monoisotopic (exact) mass is 336 g/mol. The van der Waals surface area contributed by atoms with Crippen LogP contribution in [0, 0.1) is 0 Å². The first-order chi connectivity index (χ1) is 12.3. The second-order valence-corrected chi connectivity index (χ2v) is 6.26. The van der Waals surface area contributed by atoms with E-state index in [4.69, 9.17) is 9.57 Å². The number of carbonyl (C=O) groups excluding carboxylic acids is 1. The van der Waals surface area contributed by atoms with Crippen molar-refractivity contribution in [3.05, 3.63) is 59.7 Å². The predicted molar refractivity (Wildman–Crippen MR) is 96.1 cm³/mol. The zero-order chi connectivity index (χ0) is 17.2. The summed E-state index contributed by atoms with van der Waals surface area (Å²) < 4.78 is 5.38. The van der Waals surface area contributed by atoms with Gasteiger partial charge in [0.15, 0.2) is 0 Å². The Kier molecular flexibility index (Phi) is 4.14. The lowest BCUT2D eigenvalue weighted by atomic mass is 9.99. The van der Waals surface area contributed by atoms with Gasteiger partial charge in [0.2, 0.25) is 6.10 Å². The van der Waals surface area contributed by atoms with Crippen molar-refractivity contribution in [3.63, 3.8) is 0 Å². The molecule has 1 amide bonds. The zero-order valence-electron chi connectivity index (χ0n) is 14.1. The first-order valence-corrected chi connectivity index (χ1v) is 8.53. The van der Waals surface area contributed by atoms with E-state index < -0.39 is 6.10 Å². The van der Waals surface area contributed by atoms with Crippen molar-refractivity contribution in [1.82, 2.24) is 0 Å². The minimum Gasteiger partial charge on any atom is -0.496 e. The van der Waals surface area contributed by atoms with Crippen LogP contribution in [0.25, 0.3) is 0 Å². The van der Waals surface area contributed by atoms with Crippen LogP contribution >= 0.6 is 0 Å². The van der Waals surface area contributed by atoms with Gasteiger partial charge < -0.3 is 14.5 Å². The second-order valence-electron chi connectivity index (χ2n) is 6.26. The van der Waals surface area contributed by atoms with E-state index in [0.29, 0.717) is 6.42 Å². The van der Waals surface area contributed by atoms with Crippen LogP contribution in [-0.2, 0) is 16.1 Å². The molecule has 2 aromatic rings. The SMILES string of the molecule is COc1ccccc1C1=NOC(C(=O)N2CCCc3ccccc32)C1. The molecule has 2 heterocycles. The van der Waals surface area contributed by atoms with Gasteiger partial charge in [-0.2, -0.15) is 0 Å². The van der Waals surface area contributed by atoms with E-state index in [2.05, 4.69) is 11.2 Å². The number of para-hydroxylation sites is 2. The lowest BCUT2D eigenvalue weighted by molar-refractivity contribution is -0.128. The number of fused-ring (bicyclic) bond motifs is 1. The topological polar surface area (TPSA) is 51.1 Å². The average molecular weight is 336 g/mol. The number of ether oxygens (including phenoxy) is 1. The van der Waals surface area contributed by atoms with Crippen LogP contribution in [-0.4, -0.2) is 31.4 Å². The number of hydrogen-bond donors (Lipinski definition) is 0. The molecule has 128 valence electrons. The van der Waals surface area contributed by atoms with Crippen LogP contribution in [0.15, 0.2) is 53.7 Å². The molecule has 0 fully saturated rings. The molecule has 5 heteroatoms. The summed E-state index contributed by atoms with van der Waals surface area (Å²) in [5.41, 5.74) is 3.83. The fourth-order valence-electron chi connectivity index (χ4n) is 3.49. The third-order valence-electron chi connectivity index (χ3n) is 4.74. The minimum atomic E-state index is -0.578. The van der Waals surface area contributed by atoms with E-state index in [-0.39, 0.29) is 5.91 Å². The van der Waals surface area contributed by atoms with Gasteiger partial charge in [-0.15, -0.1) is 0 Å². The molecule has 0 radical (unpaired) electrons. The van der Waals surface area contributed by atoms with E-state index in [9.17, 15) is 4.79 Å². The highest BCUT2D eigenvalue weighted by molar-refractivity contribution is 6.08. The Morgan fingerprint density at radius 3 is 2.88 bits per heavy atom. The summed E-state index contributed by atoms with van der Waals surface area (Å²) in [6, 6.07) is 15.7. The van der Waals surface area contributed by atoms with E-state index in [1.54, 1.807) is 7.11 Å². The lowest BCUT2D eigenvalue weighted by Crippen LogP contribution is -2.42. The molecule has 2 aromatic carbocycles. The van der Waals surface area contributed by atoms with Crippen LogP contribution < -0.4 is 9.64 Å². The summed E-state index contributed by atoms with van der Waals surface area (Å²) in [6.07, 6.45) is 1.85. The van der Waals surface area contributed by atoms with Gasteiger partial charge in [-0.3, -0.25) is 4.79 Å². The van der Waals surface area contributed by atoms with Crippen molar-refractivity contribution in [2.75, 3.05) is 18.6 Å². The number of rotatable bonds is 3. The summed E-state index contributed by atoms with van der Waals surface area (Å²) in [6.45, 7) is 0.722. The van der Waals surface area contributed by atoms with Gasteiger partial charge in [-0.25, -0.2) is 0 Å². The van der Waals surface area contributed by atoms with Gasteiger partial charge >= 0.3 is 0 Å². The molecule has 2 aliphatic heterocycles. The maximum Gasteiger partial charge on any atom is 0.271 e. The van der Waals surface area contributed by atoms with Crippen LogP contribution in [0.3, 0.4) is 0 Å². The Morgan fingerprint density at radius 2 is 2.00 bits per heavy atom. The third kappa shape index (κ3) is 2.86. The number of benzene rings is 2. The second kappa shape index (κ2) is 6.59. The molecular formula is C20H20N2O3. The van der Waals surface area contributed by atoms with Gasteiger partial charge in [0.05, 0.1) is 12.8 Å². The standard InChI is InChI=1S/C20H20N2O3/c1-24-18-11-5-3-9-15(18)16-13-19(25-21-16)20(23)22-12-6-8-14-7-2-4-10-17(14)22/h2-5,7,9-11,19H,6,8,12-13H2,1H3. The fraction of sp³-hybridized carbons (Fsp3) is 0.300. The smallest absolute Gasteiger partial charge is 0.271 e. The van der Waals surface area contributed by atoms with Crippen molar-refractivity contribution < 1.29 is 14.4 Å². The van der Waals surface area contributed by atoms with Crippen LogP contribution in [0.5, 0.6) is 5.75 Å². The number of carbonyl (C=O) groups is 1. The molecule has 0 saturated carbocycles.